The summed E-state index contributed by atoms with van der Waals surface area (Å²) in [6, 6.07) is 25.0. The molecule has 1 saturated carbocycles. The maximum Gasteiger partial charge on any atom is 0.297 e. The molecule has 1 amide bonds. The van der Waals surface area contributed by atoms with Gasteiger partial charge in [0.15, 0.2) is 11.4 Å². The number of benzene rings is 4. The number of nitrogens with zero attached hydrogens (tertiary/aromatic N) is 4. The summed E-state index contributed by atoms with van der Waals surface area (Å²) >= 11 is 0. The molecule has 4 aliphatic rings. The summed E-state index contributed by atoms with van der Waals surface area (Å²) in [5.41, 5.74) is 4.34. The number of nitrogens with one attached hydrogen (secondary N) is 3. The van der Waals surface area contributed by atoms with Gasteiger partial charge in [-0.1, -0.05) is 50.2 Å². The first-order chi connectivity index (χ1) is 32.3. The quantitative estimate of drug-likeness (QED) is 0.0782. The van der Waals surface area contributed by atoms with Crippen molar-refractivity contribution in [2.75, 3.05) is 43.6 Å². The van der Waals surface area contributed by atoms with Crippen LogP contribution in [-0.2, 0) is 10.0 Å². The fourth-order valence-electron chi connectivity index (χ4n) is 10.6. The number of pyridine rings is 1. The fraction of sp³-hybridized carbons (Fsp3) is 0.360. The number of aromatic nitrogens is 2. The average Bonchev–Trinajstić information content (AvgIpc) is 3.96. The van der Waals surface area contributed by atoms with E-state index in [1.807, 2.05) is 0 Å². The SMILES string of the molecule is COc1ccc([C@H]2COc3cc(S(=O)(=O)NC(=O)c4ccc(N5CCC6(CC5)CC(N5CCC[C@@H]5c5ccccc5C(C)C)C6)cc4Oc4cnc5[nH]cc(F)c5c4)cc([N+](=O)[O-])c3N2)cc1. The lowest BCUT2D eigenvalue weighted by Crippen LogP contribution is -2.54. The molecule has 4 aromatic carbocycles. The van der Waals surface area contributed by atoms with Gasteiger partial charge in [-0.25, -0.2) is 22.5 Å². The minimum Gasteiger partial charge on any atom is -0.497 e. The van der Waals surface area contributed by atoms with E-state index in [9.17, 15) is 27.7 Å². The summed E-state index contributed by atoms with van der Waals surface area (Å²) in [6.07, 6.45) is 9.28. The molecular weight excluding hydrogens is 878 g/mol. The van der Waals surface area contributed by atoms with Crippen molar-refractivity contribution in [2.24, 2.45) is 5.41 Å². The monoisotopic (exact) mass is 929 g/mol. The summed E-state index contributed by atoms with van der Waals surface area (Å²) in [4.78, 5) is 37.2. The standard InChI is InChI=1S/C50H52FN7O8S/c1-30(2)37-7-4-5-8-38(37)43-9-6-18-57(43)33-25-50(26-33)16-19-56(20-17-50)32-12-15-39(45(21-32)66-35-22-40-41(51)28-53-48(40)52-27-35)49(59)55-67(62,63)36-23-44(58(60)61)47-46(24-36)65-29-42(54-47)31-10-13-34(64-3)14-11-31/h4-5,7-8,10-15,21-24,27-28,30,33,42-43,54H,6,9,16-20,25-26,29H2,1-3H3,(H,52,53)(H,55,59)/t42-,43-/m1/s1. The van der Waals surface area contributed by atoms with Crippen molar-refractivity contribution in [3.63, 3.8) is 0 Å². The lowest BCUT2D eigenvalue weighted by atomic mass is 9.59. The molecule has 0 unspecified atom stereocenters. The number of amides is 1. The van der Waals surface area contributed by atoms with Gasteiger partial charge in [0, 0.05) is 55.3 Å². The number of carbonyl (C=O) groups excluding carboxylic acids is 1. The summed E-state index contributed by atoms with van der Waals surface area (Å²) in [5, 5.41) is 15.7. The highest BCUT2D eigenvalue weighted by atomic mass is 32.2. The van der Waals surface area contributed by atoms with E-state index < -0.39 is 43.3 Å². The van der Waals surface area contributed by atoms with Crippen LogP contribution in [0.4, 0.5) is 21.5 Å². The van der Waals surface area contributed by atoms with Gasteiger partial charge in [-0.3, -0.25) is 19.8 Å². The number of H-pyrrole nitrogens is 1. The van der Waals surface area contributed by atoms with E-state index in [0.29, 0.717) is 29.4 Å². The number of ether oxygens (including phenoxy) is 3. The van der Waals surface area contributed by atoms with E-state index in [-0.39, 0.29) is 45.9 Å². The number of anilines is 2. The second kappa shape index (κ2) is 17.5. The van der Waals surface area contributed by atoms with Gasteiger partial charge in [0.2, 0.25) is 0 Å². The van der Waals surface area contributed by atoms with Crippen LogP contribution in [0, 0.1) is 21.3 Å². The smallest absolute Gasteiger partial charge is 0.297 e. The van der Waals surface area contributed by atoms with Gasteiger partial charge < -0.3 is 29.4 Å². The van der Waals surface area contributed by atoms with E-state index >= 15 is 0 Å². The number of hydrogen-bond donors (Lipinski definition) is 3. The number of carbonyl (C=O) groups is 1. The predicted molar refractivity (Wildman–Crippen MR) is 251 cm³/mol. The molecule has 2 aromatic heterocycles. The van der Waals surface area contributed by atoms with Crippen LogP contribution in [0.2, 0.25) is 0 Å². The average molecular weight is 930 g/mol. The van der Waals surface area contributed by atoms with Crippen LogP contribution in [-0.4, -0.2) is 73.5 Å². The van der Waals surface area contributed by atoms with E-state index in [2.05, 4.69) is 67.9 Å². The zero-order valence-corrected chi connectivity index (χ0v) is 38.3. The van der Waals surface area contributed by atoms with Crippen molar-refractivity contribution >= 4 is 44.0 Å². The summed E-state index contributed by atoms with van der Waals surface area (Å²) < 4.78 is 62.0. The molecule has 3 fully saturated rings. The molecule has 3 N–H and O–H groups in total. The van der Waals surface area contributed by atoms with Crippen LogP contribution in [0.5, 0.6) is 23.0 Å². The Bertz CT molecular complexity index is 2980. The molecule has 3 aliphatic heterocycles. The van der Waals surface area contributed by atoms with Crippen LogP contribution in [0.15, 0.2) is 102 Å². The fourth-order valence-corrected chi connectivity index (χ4v) is 11.6. The number of likely N-dealkylation sites (tertiary alicyclic amines) is 1. The first-order valence-electron chi connectivity index (χ1n) is 22.7. The Hall–Kier alpha value is -6.72. The molecule has 1 aliphatic carbocycles. The highest BCUT2D eigenvalue weighted by Crippen LogP contribution is 2.54. The Morgan fingerprint density at radius 2 is 1.79 bits per heavy atom. The number of piperidine rings is 1. The Balaban J connectivity index is 0.871. The highest BCUT2D eigenvalue weighted by Gasteiger charge is 2.50. The van der Waals surface area contributed by atoms with Crippen molar-refractivity contribution in [3.05, 3.63) is 136 Å². The van der Waals surface area contributed by atoms with E-state index in [0.717, 1.165) is 68.7 Å². The van der Waals surface area contributed by atoms with Crippen LogP contribution in [0.3, 0.4) is 0 Å². The van der Waals surface area contributed by atoms with Gasteiger partial charge in [0.25, 0.3) is 21.6 Å². The molecule has 15 nitrogen and oxygen atoms in total. The zero-order valence-electron chi connectivity index (χ0n) is 37.5. The van der Waals surface area contributed by atoms with Gasteiger partial charge in [-0.05, 0) is 103 Å². The molecule has 2 atom stereocenters. The molecule has 0 radical (unpaired) electrons. The Morgan fingerprint density at radius 1 is 1.01 bits per heavy atom. The number of nitro benzene ring substituents is 1. The normalized spacial score (nSPS) is 19.4. The van der Waals surface area contributed by atoms with E-state index in [4.69, 9.17) is 14.2 Å². The third kappa shape index (κ3) is 8.50. The van der Waals surface area contributed by atoms with Crippen molar-refractivity contribution in [3.8, 4) is 23.0 Å². The van der Waals surface area contributed by atoms with Crippen LogP contribution >= 0.6 is 0 Å². The summed E-state index contributed by atoms with van der Waals surface area (Å²) in [6.45, 7) is 7.27. The van der Waals surface area contributed by atoms with E-state index in [1.165, 1.54) is 48.5 Å². The van der Waals surface area contributed by atoms with Gasteiger partial charge in [-0.15, -0.1) is 0 Å². The summed E-state index contributed by atoms with van der Waals surface area (Å²) in [5.74, 6) is -0.400. The Morgan fingerprint density at radius 3 is 2.54 bits per heavy atom. The molecular formula is C50H52FN7O8S. The van der Waals surface area contributed by atoms with Crippen molar-refractivity contribution in [1.29, 1.82) is 0 Å². The first-order valence-corrected chi connectivity index (χ1v) is 24.2. The molecule has 17 heteroatoms. The number of fused-ring (bicyclic) bond motifs is 2. The van der Waals surface area contributed by atoms with Gasteiger partial charge in [0.05, 0.1) is 40.1 Å². The van der Waals surface area contributed by atoms with Gasteiger partial charge in [0.1, 0.15) is 35.3 Å². The largest absolute Gasteiger partial charge is 0.497 e. The number of halogens is 1. The Kier molecular flexibility index (Phi) is 11.5. The predicted octanol–water partition coefficient (Wildman–Crippen LogP) is 9.78. The van der Waals surface area contributed by atoms with Crippen molar-refractivity contribution in [2.45, 2.75) is 81.3 Å². The second-order valence-corrected chi connectivity index (χ2v) is 20.2. The lowest BCUT2D eigenvalue weighted by Gasteiger charge is -2.56. The zero-order chi connectivity index (χ0) is 46.6. The molecule has 6 aromatic rings. The third-order valence-corrected chi connectivity index (χ3v) is 15.5. The first kappa shape index (κ1) is 44.1. The van der Waals surface area contributed by atoms with Crippen molar-refractivity contribution < 1.29 is 36.7 Å². The number of methoxy groups -OCH3 is 1. The highest BCUT2D eigenvalue weighted by molar-refractivity contribution is 7.90. The minimum atomic E-state index is -4.72. The molecule has 0 bridgehead atoms. The Labute approximate surface area is 387 Å². The van der Waals surface area contributed by atoms with Crippen LogP contribution in [0.1, 0.15) is 97.4 Å². The number of aromatic amines is 1. The summed E-state index contributed by atoms with van der Waals surface area (Å²) in [7, 11) is -3.18. The molecule has 2 saturated heterocycles. The van der Waals surface area contributed by atoms with Gasteiger partial charge >= 0.3 is 0 Å². The topological polar surface area (TPSA) is 181 Å². The number of hydrogen-bond acceptors (Lipinski definition) is 12. The molecule has 67 heavy (non-hydrogen) atoms. The molecule has 10 rings (SSSR count). The molecule has 5 heterocycles. The lowest BCUT2D eigenvalue weighted by molar-refractivity contribution is -0.384. The molecule has 348 valence electrons. The number of sulfonamides is 1. The maximum atomic E-state index is 14.7. The minimum absolute atomic E-state index is 0.00213. The maximum absolute atomic E-state index is 14.7. The van der Waals surface area contributed by atoms with E-state index in [1.54, 1.807) is 43.5 Å². The second-order valence-electron chi connectivity index (χ2n) is 18.5. The van der Waals surface area contributed by atoms with Crippen LogP contribution in [0.25, 0.3) is 11.0 Å². The van der Waals surface area contributed by atoms with Gasteiger partial charge in [-0.2, -0.15) is 0 Å². The third-order valence-electron chi connectivity index (χ3n) is 14.2. The van der Waals surface area contributed by atoms with Crippen molar-refractivity contribution in [1.82, 2.24) is 19.6 Å². The van der Waals surface area contributed by atoms with Crippen LogP contribution < -0.4 is 29.1 Å². The number of rotatable bonds is 12. The molecule has 1 spiro atoms. The number of nitro groups is 1.